The summed E-state index contributed by atoms with van der Waals surface area (Å²) < 4.78 is 0. The molecule has 0 unspecified atom stereocenters. The number of hydrogen-bond acceptors (Lipinski definition) is 1. The zero-order chi connectivity index (χ0) is 10.1. The molecule has 1 heterocycles. The predicted molar refractivity (Wildman–Crippen MR) is 60.8 cm³/mol. The molecule has 1 aromatic heterocycles. The average Bonchev–Trinajstić information content (AvgIpc) is 2.74. The van der Waals surface area contributed by atoms with E-state index in [0.717, 1.165) is 12.8 Å². The fourth-order valence-electron chi connectivity index (χ4n) is 2.39. The van der Waals surface area contributed by atoms with Gasteiger partial charge in [-0.2, -0.15) is 0 Å². The largest absolute Gasteiger partial charge is 0.261 e. The van der Waals surface area contributed by atoms with Crippen molar-refractivity contribution < 1.29 is 0 Å². The number of benzene rings is 1. The number of fused-ring (bicyclic) bond motifs is 1. The molecule has 1 aliphatic rings. The van der Waals surface area contributed by atoms with E-state index in [-0.39, 0.29) is 0 Å². The highest BCUT2D eigenvalue weighted by Crippen LogP contribution is 2.32. The van der Waals surface area contributed by atoms with Crippen LogP contribution in [0.1, 0.15) is 22.7 Å². The fourth-order valence-corrected chi connectivity index (χ4v) is 2.39. The van der Waals surface area contributed by atoms with Gasteiger partial charge >= 0.3 is 0 Å². The summed E-state index contributed by atoms with van der Waals surface area (Å²) in [6.07, 6.45) is 4.18. The summed E-state index contributed by atoms with van der Waals surface area (Å²) in [5.74, 6) is 0.587. The van der Waals surface area contributed by atoms with Crippen LogP contribution in [0.2, 0.25) is 0 Å². The molecule has 0 bridgehead atoms. The monoisotopic (exact) mass is 195 g/mol. The Bertz CT molecular complexity index is 437. The lowest BCUT2D eigenvalue weighted by molar-refractivity contribution is 0.714. The number of hydrogen-bond donors (Lipinski definition) is 0. The fraction of sp³-hybridized carbons (Fsp3) is 0.214. The van der Waals surface area contributed by atoms with Crippen molar-refractivity contribution in [2.24, 2.45) is 0 Å². The molecule has 0 spiro atoms. The second kappa shape index (κ2) is 3.50. The van der Waals surface area contributed by atoms with Crippen molar-refractivity contribution in [3.63, 3.8) is 0 Å². The van der Waals surface area contributed by atoms with Gasteiger partial charge in [-0.25, -0.2) is 0 Å². The third-order valence-electron chi connectivity index (χ3n) is 3.16. The van der Waals surface area contributed by atoms with E-state index in [1.165, 1.54) is 16.8 Å². The molecule has 0 N–H and O–H groups in total. The SMILES string of the molecule is c1ccc(C2Cc3ccccc3C2)nc1. The van der Waals surface area contributed by atoms with Gasteiger partial charge in [0.15, 0.2) is 0 Å². The van der Waals surface area contributed by atoms with Crippen LogP contribution in [0.4, 0.5) is 0 Å². The second-order valence-corrected chi connectivity index (χ2v) is 4.13. The van der Waals surface area contributed by atoms with Gasteiger partial charge in [-0.05, 0) is 36.1 Å². The predicted octanol–water partition coefficient (Wildman–Crippen LogP) is 2.96. The van der Waals surface area contributed by atoms with Crippen molar-refractivity contribution in [3.05, 3.63) is 65.5 Å². The Labute approximate surface area is 89.8 Å². The maximum Gasteiger partial charge on any atom is 0.0441 e. The molecule has 15 heavy (non-hydrogen) atoms. The smallest absolute Gasteiger partial charge is 0.0441 e. The van der Waals surface area contributed by atoms with Crippen molar-refractivity contribution in [1.82, 2.24) is 4.98 Å². The van der Waals surface area contributed by atoms with Crippen LogP contribution in [0.25, 0.3) is 0 Å². The van der Waals surface area contributed by atoms with E-state index >= 15 is 0 Å². The lowest BCUT2D eigenvalue weighted by Crippen LogP contribution is -1.99. The molecule has 0 fully saturated rings. The van der Waals surface area contributed by atoms with E-state index in [9.17, 15) is 0 Å². The molecule has 0 radical (unpaired) electrons. The molecule has 3 rings (SSSR count). The lowest BCUT2D eigenvalue weighted by atomic mass is 10.0. The minimum atomic E-state index is 0.587. The van der Waals surface area contributed by atoms with Gasteiger partial charge < -0.3 is 0 Å². The Hall–Kier alpha value is -1.63. The second-order valence-electron chi connectivity index (χ2n) is 4.13. The molecule has 1 aliphatic carbocycles. The zero-order valence-electron chi connectivity index (χ0n) is 8.56. The minimum absolute atomic E-state index is 0.587. The molecule has 0 atom stereocenters. The molecule has 0 amide bonds. The van der Waals surface area contributed by atoms with Crippen LogP contribution in [0.5, 0.6) is 0 Å². The minimum Gasteiger partial charge on any atom is -0.261 e. The highest BCUT2D eigenvalue weighted by molar-refractivity contribution is 5.35. The summed E-state index contributed by atoms with van der Waals surface area (Å²) in [6, 6.07) is 14.9. The summed E-state index contributed by atoms with van der Waals surface area (Å²) in [4.78, 5) is 4.44. The van der Waals surface area contributed by atoms with Crippen LogP contribution in [0.3, 0.4) is 0 Å². The first-order chi connectivity index (χ1) is 7.43. The van der Waals surface area contributed by atoms with Gasteiger partial charge in [0.2, 0.25) is 0 Å². The quantitative estimate of drug-likeness (QED) is 0.681. The summed E-state index contributed by atoms with van der Waals surface area (Å²) in [5, 5.41) is 0. The van der Waals surface area contributed by atoms with Gasteiger partial charge in [-0.3, -0.25) is 4.98 Å². The van der Waals surface area contributed by atoms with E-state index in [0.29, 0.717) is 5.92 Å². The lowest BCUT2D eigenvalue weighted by Gasteiger charge is -2.06. The molecule has 2 aromatic rings. The Balaban J connectivity index is 1.91. The van der Waals surface area contributed by atoms with Gasteiger partial charge in [-0.15, -0.1) is 0 Å². The van der Waals surface area contributed by atoms with Gasteiger partial charge in [0.1, 0.15) is 0 Å². The Morgan fingerprint density at radius 1 is 0.867 bits per heavy atom. The summed E-state index contributed by atoms with van der Waals surface area (Å²) >= 11 is 0. The average molecular weight is 195 g/mol. The summed E-state index contributed by atoms with van der Waals surface area (Å²) in [7, 11) is 0. The van der Waals surface area contributed by atoms with Gasteiger partial charge in [0, 0.05) is 17.8 Å². The zero-order valence-corrected chi connectivity index (χ0v) is 8.56. The van der Waals surface area contributed by atoms with Crippen LogP contribution in [0, 0.1) is 0 Å². The maximum atomic E-state index is 4.44. The topological polar surface area (TPSA) is 12.9 Å². The van der Waals surface area contributed by atoms with E-state index < -0.39 is 0 Å². The Morgan fingerprint density at radius 3 is 2.13 bits per heavy atom. The van der Waals surface area contributed by atoms with Gasteiger partial charge in [0.05, 0.1) is 0 Å². The molecule has 0 saturated heterocycles. The van der Waals surface area contributed by atoms with Gasteiger partial charge in [-0.1, -0.05) is 30.3 Å². The summed E-state index contributed by atoms with van der Waals surface area (Å²) in [5.41, 5.74) is 4.22. The third-order valence-corrected chi connectivity index (χ3v) is 3.16. The number of rotatable bonds is 1. The first-order valence-electron chi connectivity index (χ1n) is 5.41. The normalized spacial score (nSPS) is 15.2. The van der Waals surface area contributed by atoms with E-state index in [4.69, 9.17) is 0 Å². The Morgan fingerprint density at radius 2 is 1.53 bits per heavy atom. The van der Waals surface area contributed by atoms with E-state index in [2.05, 4.69) is 41.4 Å². The van der Waals surface area contributed by atoms with Crippen LogP contribution >= 0.6 is 0 Å². The molecular weight excluding hydrogens is 182 g/mol. The maximum absolute atomic E-state index is 4.44. The standard InChI is InChI=1S/C14H13N/c1-2-6-12-10-13(9-11(12)5-1)14-7-3-4-8-15-14/h1-8,13H,9-10H2. The van der Waals surface area contributed by atoms with Crippen LogP contribution in [0.15, 0.2) is 48.7 Å². The highest BCUT2D eigenvalue weighted by atomic mass is 14.7. The molecule has 0 saturated carbocycles. The van der Waals surface area contributed by atoms with Crippen molar-refractivity contribution in [2.45, 2.75) is 18.8 Å². The van der Waals surface area contributed by atoms with E-state index in [1.807, 2.05) is 12.3 Å². The van der Waals surface area contributed by atoms with Crippen molar-refractivity contribution >= 4 is 0 Å². The molecule has 0 aliphatic heterocycles. The highest BCUT2D eigenvalue weighted by Gasteiger charge is 2.22. The molecule has 1 aromatic carbocycles. The third kappa shape index (κ3) is 1.54. The summed E-state index contributed by atoms with van der Waals surface area (Å²) in [6.45, 7) is 0. The van der Waals surface area contributed by atoms with Gasteiger partial charge in [0.25, 0.3) is 0 Å². The molecule has 1 nitrogen and oxygen atoms in total. The first-order valence-corrected chi connectivity index (χ1v) is 5.41. The molecular formula is C14H13N. The number of nitrogens with zero attached hydrogens (tertiary/aromatic N) is 1. The van der Waals surface area contributed by atoms with Crippen molar-refractivity contribution in [1.29, 1.82) is 0 Å². The van der Waals surface area contributed by atoms with E-state index in [1.54, 1.807) is 0 Å². The Kier molecular flexibility index (Phi) is 2.02. The number of pyridine rings is 1. The number of aromatic nitrogens is 1. The van der Waals surface area contributed by atoms with Crippen LogP contribution in [-0.2, 0) is 12.8 Å². The van der Waals surface area contributed by atoms with Crippen LogP contribution in [-0.4, -0.2) is 4.98 Å². The molecule has 74 valence electrons. The van der Waals surface area contributed by atoms with Crippen molar-refractivity contribution in [2.75, 3.05) is 0 Å². The van der Waals surface area contributed by atoms with Crippen LogP contribution < -0.4 is 0 Å². The molecule has 1 heteroatoms. The first kappa shape index (κ1) is 8.66. The van der Waals surface area contributed by atoms with Crippen molar-refractivity contribution in [3.8, 4) is 0 Å².